The molecule has 0 N–H and O–H groups in total. The zero-order valence-corrected chi connectivity index (χ0v) is 32.4. The Morgan fingerprint density at radius 1 is 0.200 bits per heavy atom. The van der Waals surface area contributed by atoms with Gasteiger partial charge in [-0.05, 0) is 66.8 Å². The summed E-state index contributed by atoms with van der Waals surface area (Å²) >= 11 is 6.15. The molecule has 0 amide bonds. The lowest BCUT2D eigenvalue weighted by Gasteiger charge is -2.15. The van der Waals surface area contributed by atoms with Gasteiger partial charge < -0.3 is 0 Å². The molecule has 0 fully saturated rings. The van der Waals surface area contributed by atoms with Crippen LogP contribution < -0.4 is 0 Å². The van der Waals surface area contributed by atoms with Crippen LogP contribution in [-0.2, 0) is 69.0 Å². The van der Waals surface area contributed by atoms with Crippen LogP contribution in [0.5, 0.6) is 0 Å². The number of thioether (sulfide) groups is 3. The van der Waals surface area contributed by atoms with Crippen molar-refractivity contribution in [1.29, 1.82) is 0 Å². The summed E-state index contributed by atoms with van der Waals surface area (Å²) in [5.41, 5.74) is 17.9. The number of fused-ring (bicyclic) bond motifs is 15. The molecule has 9 heteroatoms. The highest BCUT2D eigenvalue weighted by atomic mass is 33.1. The van der Waals surface area contributed by atoms with Crippen LogP contribution in [0.4, 0.5) is 0 Å². The Morgan fingerprint density at radius 2 is 0.333 bits per heavy atom. The molecule has 0 nitrogen and oxygen atoms in total. The lowest BCUT2D eigenvalue weighted by atomic mass is 10.1. The molecule has 0 spiro atoms. The van der Waals surface area contributed by atoms with E-state index in [0.29, 0.717) is 0 Å². The average Bonchev–Trinajstić information content (AvgIpc) is 3.02. The maximum Gasteiger partial charge on any atom is 0.0289 e. The molecule has 234 valence electrons. The van der Waals surface area contributed by atoms with Gasteiger partial charge in [0.25, 0.3) is 0 Å². The summed E-state index contributed by atoms with van der Waals surface area (Å²) in [6.45, 7) is 0. The van der Waals surface area contributed by atoms with Crippen LogP contribution in [-0.4, -0.2) is 0 Å². The number of benzene rings is 4. The molecule has 45 heavy (non-hydrogen) atoms. The molecule has 0 aromatic heterocycles. The minimum Gasteiger partial charge on any atom is -0.152 e. The Labute approximate surface area is 305 Å². The van der Waals surface area contributed by atoms with Crippen LogP contribution in [0.1, 0.15) is 66.8 Å². The van der Waals surface area contributed by atoms with Crippen molar-refractivity contribution in [2.45, 2.75) is 69.0 Å². The third-order valence-electron chi connectivity index (χ3n) is 7.67. The van der Waals surface area contributed by atoms with Gasteiger partial charge in [-0.3, -0.25) is 0 Å². The molecular formula is C36H36S9. The summed E-state index contributed by atoms with van der Waals surface area (Å²) in [5, 5.41) is 0. The molecule has 6 heterocycles. The highest BCUT2D eigenvalue weighted by molar-refractivity contribution is 8.76. The van der Waals surface area contributed by atoms with E-state index in [1.165, 1.54) is 66.8 Å². The summed E-state index contributed by atoms with van der Waals surface area (Å²) in [6.07, 6.45) is 0. The second-order valence-corrected chi connectivity index (χ2v) is 22.0. The van der Waals surface area contributed by atoms with Gasteiger partial charge in [-0.25, -0.2) is 0 Å². The molecule has 6 aliphatic rings. The molecule has 0 radical (unpaired) electrons. The van der Waals surface area contributed by atoms with Crippen molar-refractivity contribution in [3.05, 3.63) is 140 Å². The molecule has 4 aromatic rings. The van der Waals surface area contributed by atoms with Crippen LogP contribution in [0.3, 0.4) is 0 Å². The molecule has 4 aromatic carbocycles. The van der Waals surface area contributed by atoms with Gasteiger partial charge in [0.05, 0.1) is 0 Å². The van der Waals surface area contributed by atoms with Crippen molar-refractivity contribution in [3.8, 4) is 0 Å². The molecule has 12 bridgehead atoms. The van der Waals surface area contributed by atoms with E-state index in [4.69, 9.17) is 0 Å². The van der Waals surface area contributed by atoms with Crippen molar-refractivity contribution in [2.24, 2.45) is 0 Å². The Balaban J connectivity index is 0.000000146. The first-order chi connectivity index (χ1) is 22.2. The summed E-state index contributed by atoms with van der Waals surface area (Å²) in [4.78, 5) is 0. The van der Waals surface area contributed by atoms with Crippen molar-refractivity contribution in [3.63, 3.8) is 0 Å². The predicted molar refractivity (Wildman–Crippen MR) is 219 cm³/mol. The normalized spacial score (nSPS) is 18.1. The van der Waals surface area contributed by atoms with Gasteiger partial charge in [0.1, 0.15) is 0 Å². The third-order valence-corrected chi connectivity index (χ3v) is 17.7. The highest BCUT2D eigenvalue weighted by Gasteiger charge is 2.11. The van der Waals surface area contributed by atoms with E-state index in [1.54, 1.807) is 0 Å². The maximum absolute atomic E-state index is 2.42. The molecular weight excluding hydrogens is 721 g/mol. The minimum absolute atomic E-state index is 1.10. The number of hydrogen-bond donors (Lipinski definition) is 0. The molecule has 0 unspecified atom stereocenters. The van der Waals surface area contributed by atoms with Gasteiger partial charge in [0.2, 0.25) is 0 Å². The summed E-state index contributed by atoms with van der Waals surface area (Å²) in [5.74, 6) is 13.4. The minimum atomic E-state index is 1.10. The second kappa shape index (κ2) is 17.1. The molecule has 0 saturated carbocycles. The predicted octanol–water partition coefficient (Wildman–Crippen LogP) is 13.2. The second-order valence-electron chi connectivity index (χ2n) is 11.7. The average molecular weight is 757 g/mol. The largest absolute Gasteiger partial charge is 0.152 e. The van der Waals surface area contributed by atoms with Gasteiger partial charge in [0, 0.05) is 69.0 Å². The van der Waals surface area contributed by atoms with E-state index in [2.05, 4.69) is 72.8 Å². The Hall–Kier alpha value is 0.0300. The summed E-state index contributed by atoms with van der Waals surface area (Å²) < 4.78 is 0. The van der Waals surface area contributed by atoms with Gasteiger partial charge in [-0.2, -0.15) is 35.3 Å². The van der Waals surface area contributed by atoms with E-state index in [1.807, 2.05) is 100 Å². The first kappa shape index (κ1) is 33.5. The zero-order chi connectivity index (χ0) is 30.3. The number of rotatable bonds is 0. The maximum atomic E-state index is 2.42. The van der Waals surface area contributed by atoms with Gasteiger partial charge in [-0.15, -0.1) is 0 Å². The fraction of sp³-hybridized carbons (Fsp3) is 0.333. The van der Waals surface area contributed by atoms with Crippen LogP contribution in [0.25, 0.3) is 0 Å². The van der Waals surface area contributed by atoms with E-state index in [0.717, 1.165) is 69.0 Å². The topological polar surface area (TPSA) is 0 Å². The van der Waals surface area contributed by atoms with Crippen LogP contribution >= 0.6 is 100 Å². The smallest absolute Gasteiger partial charge is 0.0289 e. The van der Waals surface area contributed by atoms with Crippen LogP contribution in [0.15, 0.2) is 72.8 Å². The SMILES string of the molecule is c1c2cc3cc1CSCc1cc(cc(c1)CSC3)CSC2.c1c2cc3cc1CSSCc1cc(cc(c1)CSSC3)CSSC2. The summed E-state index contributed by atoms with van der Waals surface area (Å²) in [6, 6.07) is 29.0. The van der Waals surface area contributed by atoms with Crippen molar-refractivity contribution < 1.29 is 0 Å². The molecule has 0 atom stereocenters. The first-order valence-corrected chi connectivity index (χ1v) is 26.1. The third kappa shape index (κ3) is 10.3. The van der Waals surface area contributed by atoms with Crippen molar-refractivity contribution in [1.82, 2.24) is 0 Å². The van der Waals surface area contributed by atoms with E-state index in [-0.39, 0.29) is 0 Å². The highest BCUT2D eigenvalue weighted by Crippen LogP contribution is 2.38. The number of hydrogen-bond acceptors (Lipinski definition) is 9. The van der Waals surface area contributed by atoms with E-state index in [9.17, 15) is 0 Å². The van der Waals surface area contributed by atoms with Crippen molar-refractivity contribution >= 4 is 100 Å². The fourth-order valence-electron chi connectivity index (χ4n) is 5.88. The summed E-state index contributed by atoms with van der Waals surface area (Å²) in [7, 11) is 12.0. The standard InChI is InChI=1S/C18H18S6.C18H18S3/c1-13-2-15-3-14(1)8-20-22-11-17-4-16(10-21-19-7-13)5-18(6-17)12-24-23-9-15;1-13-2-15-3-14(1)8-20-11-17-4-16(10-19-7-13)5-18(6-17)12-21-9-15/h1-6H,7-12H2;1-6H,7-12H2. The van der Waals surface area contributed by atoms with Gasteiger partial charge in [0.15, 0.2) is 0 Å². The molecule has 6 aliphatic heterocycles. The quantitative estimate of drug-likeness (QED) is 0.159. The fourth-order valence-corrected chi connectivity index (χ4v) is 14.9. The molecule has 10 rings (SSSR count). The monoisotopic (exact) mass is 756 g/mol. The van der Waals surface area contributed by atoms with Crippen molar-refractivity contribution in [2.75, 3.05) is 0 Å². The zero-order valence-electron chi connectivity index (χ0n) is 25.1. The van der Waals surface area contributed by atoms with Crippen LogP contribution in [0.2, 0.25) is 0 Å². The lowest BCUT2D eigenvalue weighted by Crippen LogP contribution is -1.97. The molecule has 0 saturated heterocycles. The first-order valence-electron chi connectivity index (χ1n) is 15.1. The van der Waals surface area contributed by atoms with Crippen LogP contribution in [0, 0.1) is 0 Å². The lowest BCUT2D eigenvalue weighted by molar-refractivity contribution is 1.22. The Kier molecular flexibility index (Phi) is 12.7. The van der Waals surface area contributed by atoms with E-state index >= 15 is 0 Å². The van der Waals surface area contributed by atoms with Gasteiger partial charge >= 0.3 is 0 Å². The van der Waals surface area contributed by atoms with E-state index < -0.39 is 0 Å². The molecule has 0 aliphatic carbocycles. The Morgan fingerprint density at radius 3 is 0.489 bits per heavy atom. The van der Waals surface area contributed by atoms with Gasteiger partial charge in [-0.1, -0.05) is 138 Å². The Bertz CT molecular complexity index is 1270.